The molecule has 15 aromatic rings. The first kappa shape index (κ1) is 50.7. The van der Waals surface area contributed by atoms with Crippen molar-refractivity contribution in [1.82, 2.24) is 4.57 Å². The number of hydrogen-bond acceptors (Lipinski definition) is 6. The number of allylic oxidation sites excluding steroid dienone is 4. The first-order valence-corrected chi connectivity index (χ1v) is 31.4. The molecule has 0 N–H and O–H groups in total. The molecule has 0 aliphatic heterocycles. The summed E-state index contributed by atoms with van der Waals surface area (Å²) >= 11 is 5.50. The summed E-state index contributed by atoms with van der Waals surface area (Å²) in [5.74, 6) is 0. The Labute approximate surface area is 506 Å². The van der Waals surface area contributed by atoms with Crippen molar-refractivity contribution in [3.63, 3.8) is 0 Å². The van der Waals surface area contributed by atoms with Crippen LogP contribution in [-0.2, 0) is 0 Å². The van der Waals surface area contributed by atoms with E-state index in [1.165, 1.54) is 102 Å². The molecule has 404 valence electrons. The lowest BCUT2D eigenvalue weighted by Gasteiger charge is -2.29. The summed E-state index contributed by atoms with van der Waals surface area (Å²) in [5.41, 5.74) is 14.1. The van der Waals surface area contributed by atoms with Crippen molar-refractivity contribution in [3.8, 4) is 31.3 Å². The van der Waals surface area contributed by atoms with E-state index >= 15 is 0 Å². The third-order valence-corrected chi connectivity index (χ3v) is 19.9. The summed E-state index contributed by atoms with van der Waals surface area (Å²) in [6.45, 7) is 0. The fraction of sp³-hybridized carbons (Fsp3) is 0.0256. The highest BCUT2D eigenvalue weighted by atomic mass is 32.1. The van der Waals surface area contributed by atoms with Gasteiger partial charge in [-0.25, -0.2) is 0 Å². The maximum absolute atomic E-state index is 2.53. The number of para-hydroxylation sites is 3. The van der Waals surface area contributed by atoms with Gasteiger partial charge in [-0.2, -0.15) is 0 Å². The number of benzene rings is 11. The molecule has 7 heteroatoms. The number of anilines is 8. The molecule has 0 bridgehead atoms. The maximum Gasteiger partial charge on any atom is 0.101 e. The van der Waals surface area contributed by atoms with Gasteiger partial charge in [0.05, 0.1) is 11.0 Å². The van der Waals surface area contributed by atoms with E-state index in [4.69, 9.17) is 0 Å². The SMILES string of the molecule is C1=C(N(c2ccccc2)c2ccc(-c3ccc4ccccc4c3)s2)CCC(n2c3ccc(N(c4ccccc4)c4ccc(-c5ccc6ccccc6c5)s4)cc3c3cc(N(c4ccccc4)c4ccc(-c5ccc6ccccc6c5)s4)ccc32)=C1. The molecule has 0 unspecified atom stereocenters. The van der Waals surface area contributed by atoms with Gasteiger partial charge in [0.1, 0.15) is 15.0 Å². The lowest BCUT2D eigenvalue weighted by Crippen LogP contribution is -2.17. The van der Waals surface area contributed by atoms with Crippen molar-refractivity contribution in [1.29, 1.82) is 0 Å². The monoisotopic (exact) mass is 1140 g/mol. The molecular weight excluding hydrogens is 1090 g/mol. The number of thiophene rings is 3. The van der Waals surface area contributed by atoms with Crippen molar-refractivity contribution in [2.24, 2.45) is 0 Å². The topological polar surface area (TPSA) is 14.7 Å². The summed E-state index contributed by atoms with van der Waals surface area (Å²) in [7, 11) is 0. The zero-order valence-corrected chi connectivity index (χ0v) is 48.7. The minimum Gasteiger partial charge on any atom is -0.313 e. The fourth-order valence-corrected chi connectivity index (χ4v) is 15.5. The van der Waals surface area contributed by atoms with E-state index in [-0.39, 0.29) is 0 Å². The van der Waals surface area contributed by atoms with Crippen LogP contribution in [0.15, 0.2) is 309 Å². The Bertz CT molecular complexity index is 4830. The van der Waals surface area contributed by atoms with E-state index in [0.717, 1.165) is 51.3 Å². The lowest BCUT2D eigenvalue weighted by molar-refractivity contribution is 0.898. The van der Waals surface area contributed by atoms with Gasteiger partial charge < -0.3 is 19.3 Å². The quantitative estimate of drug-likeness (QED) is 0.114. The Morgan fingerprint density at radius 3 is 1.02 bits per heavy atom. The summed E-state index contributed by atoms with van der Waals surface area (Å²) < 4.78 is 2.53. The van der Waals surface area contributed by atoms with Crippen LogP contribution >= 0.6 is 34.0 Å². The van der Waals surface area contributed by atoms with Crippen LogP contribution in [-0.4, -0.2) is 4.57 Å². The minimum absolute atomic E-state index is 0.853. The van der Waals surface area contributed by atoms with Gasteiger partial charge in [-0.1, -0.05) is 164 Å². The third kappa shape index (κ3) is 9.49. The molecule has 0 atom stereocenters. The van der Waals surface area contributed by atoms with Gasteiger partial charge in [0.15, 0.2) is 0 Å². The van der Waals surface area contributed by atoms with Gasteiger partial charge in [0.25, 0.3) is 0 Å². The Morgan fingerprint density at radius 1 is 0.271 bits per heavy atom. The first-order chi connectivity index (χ1) is 42.1. The van der Waals surface area contributed by atoms with Crippen molar-refractivity contribution in [2.75, 3.05) is 14.7 Å². The molecule has 0 spiro atoms. The van der Waals surface area contributed by atoms with Crippen LogP contribution in [0, 0.1) is 0 Å². The predicted octanol–water partition coefficient (Wildman–Crippen LogP) is 23.7. The van der Waals surface area contributed by atoms with E-state index in [2.05, 4.69) is 323 Å². The average molecular weight is 1140 g/mol. The van der Waals surface area contributed by atoms with Gasteiger partial charge in [0.2, 0.25) is 0 Å². The number of hydrogen-bond donors (Lipinski definition) is 0. The molecular formula is C78H54N4S3. The van der Waals surface area contributed by atoms with Crippen LogP contribution < -0.4 is 14.7 Å². The third-order valence-electron chi connectivity index (χ3n) is 16.5. The molecule has 0 radical (unpaired) electrons. The first-order valence-electron chi connectivity index (χ1n) is 28.9. The van der Waals surface area contributed by atoms with Crippen molar-refractivity contribution in [2.45, 2.75) is 12.8 Å². The van der Waals surface area contributed by atoms with E-state index in [9.17, 15) is 0 Å². The number of aromatic nitrogens is 1. The van der Waals surface area contributed by atoms with E-state index in [1.54, 1.807) is 0 Å². The normalized spacial score (nSPS) is 12.5. The number of fused-ring (bicyclic) bond motifs is 6. The van der Waals surface area contributed by atoms with Gasteiger partial charge in [0, 0.05) is 65.2 Å². The molecule has 4 nitrogen and oxygen atoms in total. The van der Waals surface area contributed by atoms with Crippen molar-refractivity contribution >= 4 is 137 Å². The van der Waals surface area contributed by atoms with E-state index < -0.39 is 0 Å². The average Bonchev–Trinajstić information content (AvgIpc) is 4.48. The molecule has 16 rings (SSSR count). The second-order valence-corrected chi connectivity index (χ2v) is 24.9. The second-order valence-electron chi connectivity index (χ2n) is 21.7. The largest absolute Gasteiger partial charge is 0.313 e. The standard InChI is InChI=1S/C78H54N4S3/c1-4-22-62(23-5-1)79(76-45-42-73(83-76)59-31-28-53-16-10-13-19-56(53)48-59)65-34-36-66(37-35-65)82-71-40-38-67(80(63-24-6-2-7-25-63)77-46-43-74(84-77)60-32-29-54-17-11-14-20-57(54)49-60)51-69(71)70-52-68(39-41-72(70)82)81(64-26-8-3-9-27-64)78-47-44-75(85-78)61-33-30-55-18-12-15-21-58(55)50-61/h1-34,36,38-52H,35,37H2. The van der Waals surface area contributed by atoms with Crippen molar-refractivity contribution < 1.29 is 0 Å². The highest BCUT2D eigenvalue weighted by Crippen LogP contribution is 2.49. The van der Waals surface area contributed by atoms with Crippen LogP contribution in [0.5, 0.6) is 0 Å². The summed E-state index contributed by atoms with van der Waals surface area (Å²) in [6.07, 6.45) is 6.45. The highest BCUT2D eigenvalue weighted by molar-refractivity contribution is 7.20. The minimum atomic E-state index is 0.853. The molecule has 1 aliphatic rings. The zero-order valence-electron chi connectivity index (χ0n) is 46.3. The fourth-order valence-electron chi connectivity index (χ4n) is 12.4. The van der Waals surface area contributed by atoms with Crippen LogP contribution in [0.2, 0.25) is 0 Å². The molecule has 4 heterocycles. The second kappa shape index (κ2) is 21.6. The molecule has 11 aromatic carbocycles. The van der Waals surface area contributed by atoms with E-state index in [0.29, 0.717) is 0 Å². The van der Waals surface area contributed by atoms with Crippen LogP contribution in [0.3, 0.4) is 0 Å². The smallest absolute Gasteiger partial charge is 0.101 e. The van der Waals surface area contributed by atoms with Crippen LogP contribution in [0.4, 0.5) is 43.4 Å². The molecule has 4 aromatic heterocycles. The molecule has 0 fully saturated rings. The molecule has 0 saturated heterocycles. The Kier molecular flexibility index (Phi) is 12.9. The Hall–Kier alpha value is -10.0. The van der Waals surface area contributed by atoms with Gasteiger partial charge in [-0.05, 0) is 201 Å². The Morgan fingerprint density at radius 2 is 0.635 bits per heavy atom. The molecule has 0 amide bonds. The van der Waals surface area contributed by atoms with Gasteiger partial charge >= 0.3 is 0 Å². The summed E-state index contributed by atoms with van der Waals surface area (Å²) in [4.78, 5) is 11.0. The molecule has 1 aliphatic carbocycles. The van der Waals surface area contributed by atoms with E-state index in [1.807, 2.05) is 34.0 Å². The van der Waals surface area contributed by atoms with Crippen LogP contribution in [0.1, 0.15) is 12.8 Å². The lowest BCUT2D eigenvalue weighted by atomic mass is 10.1. The maximum atomic E-state index is 2.53. The highest BCUT2D eigenvalue weighted by Gasteiger charge is 2.25. The number of rotatable bonds is 13. The predicted molar refractivity (Wildman–Crippen MR) is 368 cm³/mol. The van der Waals surface area contributed by atoms with Crippen molar-refractivity contribution in [3.05, 3.63) is 309 Å². The van der Waals surface area contributed by atoms with Crippen LogP contribution in [0.25, 0.3) is 91.1 Å². The summed E-state index contributed by atoms with van der Waals surface area (Å²) in [5, 5.41) is 13.4. The molecule has 85 heavy (non-hydrogen) atoms. The van der Waals surface area contributed by atoms with Gasteiger partial charge in [-0.3, -0.25) is 0 Å². The van der Waals surface area contributed by atoms with Gasteiger partial charge in [-0.15, -0.1) is 34.0 Å². The number of nitrogens with zero attached hydrogens (tertiary/aromatic N) is 4. The Balaban J connectivity index is 0.839. The summed E-state index contributed by atoms with van der Waals surface area (Å²) in [6, 6.07) is 107. The molecule has 0 saturated carbocycles. The zero-order chi connectivity index (χ0) is 56.2.